The number of hydrogen-bond acceptors (Lipinski definition) is 2. The van der Waals surface area contributed by atoms with Crippen molar-refractivity contribution < 1.29 is 4.74 Å². The van der Waals surface area contributed by atoms with Gasteiger partial charge in [0.1, 0.15) is 0 Å². The first kappa shape index (κ1) is 14.4. The summed E-state index contributed by atoms with van der Waals surface area (Å²) in [6.07, 6.45) is 4.83. The van der Waals surface area contributed by atoms with Gasteiger partial charge < -0.3 is 10.1 Å². The third kappa shape index (κ3) is 3.32. The largest absolute Gasteiger partial charge is 0.379 e. The molecule has 1 saturated carbocycles. The smallest absolute Gasteiger partial charge is 0.0772 e. The van der Waals surface area contributed by atoms with E-state index in [4.69, 9.17) is 27.9 Å². The van der Waals surface area contributed by atoms with Crippen molar-refractivity contribution in [1.82, 2.24) is 0 Å². The quantitative estimate of drug-likeness (QED) is 0.814. The highest BCUT2D eigenvalue weighted by Gasteiger charge is 2.25. The minimum absolute atomic E-state index is 0.231. The van der Waals surface area contributed by atoms with E-state index >= 15 is 0 Å². The van der Waals surface area contributed by atoms with E-state index < -0.39 is 0 Å². The van der Waals surface area contributed by atoms with Crippen LogP contribution in [0.25, 0.3) is 0 Å². The lowest BCUT2D eigenvalue weighted by Gasteiger charge is -2.32. The van der Waals surface area contributed by atoms with Crippen molar-refractivity contribution in [2.45, 2.75) is 37.8 Å². The molecule has 0 radical (unpaired) electrons. The van der Waals surface area contributed by atoms with Crippen LogP contribution in [-0.4, -0.2) is 19.3 Å². The zero-order valence-electron chi connectivity index (χ0n) is 10.2. The lowest BCUT2D eigenvalue weighted by atomic mass is 9.92. The Kier molecular flexibility index (Phi) is 5.19. The Morgan fingerprint density at radius 3 is 2.44 bits per heavy atom. The molecule has 0 bridgehead atoms. The minimum atomic E-state index is 0.231. The van der Waals surface area contributed by atoms with Gasteiger partial charge in [-0.05, 0) is 25.0 Å². The third-order valence-corrected chi connectivity index (χ3v) is 4.40. The highest BCUT2D eigenvalue weighted by Crippen LogP contribution is 2.36. The van der Waals surface area contributed by atoms with Gasteiger partial charge in [-0.3, -0.25) is 0 Å². The number of halogens is 3. The first-order chi connectivity index (χ1) is 8.61. The first-order valence-electron chi connectivity index (χ1n) is 6.05. The molecular formula is C13H16BrCl2NO. The molecule has 1 aromatic rings. The molecule has 2 unspecified atom stereocenters. The Labute approximate surface area is 126 Å². The molecule has 18 heavy (non-hydrogen) atoms. The maximum Gasteiger partial charge on any atom is 0.0772 e. The summed E-state index contributed by atoms with van der Waals surface area (Å²) >= 11 is 15.8. The fourth-order valence-electron chi connectivity index (χ4n) is 2.41. The van der Waals surface area contributed by atoms with Gasteiger partial charge in [0.05, 0.1) is 27.9 Å². The predicted molar refractivity (Wildman–Crippen MR) is 80.8 cm³/mol. The van der Waals surface area contributed by atoms with Crippen molar-refractivity contribution in [1.29, 1.82) is 0 Å². The van der Waals surface area contributed by atoms with Crippen LogP contribution < -0.4 is 5.32 Å². The summed E-state index contributed by atoms with van der Waals surface area (Å²) in [5.41, 5.74) is 0.801. The van der Waals surface area contributed by atoms with Gasteiger partial charge in [0.25, 0.3) is 0 Å². The molecule has 1 aromatic carbocycles. The number of ether oxygens (including phenoxy) is 1. The predicted octanol–water partition coefficient (Wildman–Crippen LogP) is 5.13. The monoisotopic (exact) mass is 351 g/mol. The van der Waals surface area contributed by atoms with E-state index in [1.807, 2.05) is 12.1 Å². The molecule has 100 valence electrons. The maximum atomic E-state index is 6.23. The van der Waals surface area contributed by atoms with Gasteiger partial charge in [-0.25, -0.2) is 0 Å². The molecular weight excluding hydrogens is 337 g/mol. The lowest BCUT2D eigenvalue weighted by molar-refractivity contribution is 0.0606. The normalized spacial score (nSPS) is 24.0. The Bertz CT molecular complexity index is 404. The van der Waals surface area contributed by atoms with Gasteiger partial charge in [0, 0.05) is 11.6 Å². The molecule has 5 heteroatoms. The zero-order valence-corrected chi connectivity index (χ0v) is 13.3. The van der Waals surface area contributed by atoms with Crippen molar-refractivity contribution in [3.8, 4) is 0 Å². The molecule has 0 amide bonds. The number of nitrogens with one attached hydrogen (secondary N) is 1. The SMILES string of the molecule is COC1CCCCC1Nc1c(Cl)cc(Br)cc1Cl. The second kappa shape index (κ2) is 6.47. The van der Waals surface area contributed by atoms with E-state index in [2.05, 4.69) is 21.2 Å². The number of benzene rings is 1. The average Bonchev–Trinajstić information content (AvgIpc) is 2.34. The minimum Gasteiger partial charge on any atom is -0.379 e. The molecule has 0 heterocycles. The lowest BCUT2D eigenvalue weighted by Crippen LogP contribution is -2.37. The van der Waals surface area contributed by atoms with E-state index in [9.17, 15) is 0 Å². The van der Waals surface area contributed by atoms with Crippen LogP contribution in [0.3, 0.4) is 0 Å². The summed E-state index contributed by atoms with van der Waals surface area (Å²) in [7, 11) is 1.76. The van der Waals surface area contributed by atoms with Crippen LogP contribution in [0.2, 0.25) is 10.0 Å². The highest BCUT2D eigenvalue weighted by atomic mass is 79.9. The molecule has 1 N–H and O–H groups in total. The third-order valence-electron chi connectivity index (χ3n) is 3.34. The van der Waals surface area contributed by atoms with Crippen molar-refractivity contribution in [2.75, 3.05) is 12.4 Å². The van der Waals surface area contributed by atoms with Crippen LogP contribution in [0.5, 0.6) is 0 Å². The van der Waals surface area contributed by atoms with Crippen molar-refractivity contribution in [2.24, 2.45) is 0 Å². The summed E-state index contributed by atoms with van der Waals surface area (Å²) < 4.78 is 6.41. The molecule has 2 atom stereocenters. The van der Waals surface area contributed by atoms with E-state index in [0.29, 0.717) is 10.0 Å². The molecule has 1 aliphatic carbocycles. The van der Waals surface area contributed by atoms with Crippen LogP contribution >= 0.6 is 39.1 Å². The van der Waals surface area contributed by atoms with Crippen LogP contribution in [0.1, 0.15) is 25.7 Å². The Morgan fingerprint density at radius 1 is 1.22 bits per heavy atom. The molecule has 1 aliphatic rings. The van der Waals surface area contributed by atoms with Gasteiger partial charge >= 0.3 is 0 Å². The van der Waals surface area contributed by atoms with Gasteiger partial charge in [-0.15, -0.1) is 0 Å². The summed E-state index contributed by atoms with van der Waals surface area (Å²) in [6.45, 7) is 0. The number of methoxy groups -OCH3 is 1. The summed E-state index contributed by atoms with van der Waals surface area (Å²) in [5.74, 6) is 0. The van der Waals surface area contributed by atoms with Crippen molar-refractivity contribution >= 4 is 44.8 Å². The molecule has 2 rings (SSSR count). The Balaban J connectivity index is 2.17. The standard InChI is InChI=1S/C13H16BrCl2NO/c1-18-12-5-3-2-4-11(12)17-13-9(15)6-8(14)7-10(13)16/h6-7,11-12,17H,2-5H2,1H3. The number of rotatable bonds is 3. The number of anilines is 1. The highest BCUT2D eigenvalue weighted by molar-refractivity contribution is 9.10. The number of hydrogen-bond donors (Lipinski definition) is 1. The van der Waals surface area contributed by atoms with Crippen molar-refractivity contribution in [3.05, 3.63) is 26.7 Å². The molecule has 0 aromatic heterocycles. The van der Waals surface area contributed by atoms with Gasteiger partial charge in [-0.2, -0.15) is 0 Å². The van der Waals surface area contributed by atoms with Crippen molar-refractivity contribution in [3.63, 3.8) is 0 Å². The van der Waals surface area contributed by atoms with Crippen LogP contribution in [0, 0.1) is 0 Å². The summed E-state index contributed by atoms with van der Waals surface area (Å²) in [5, 5.41) is 4.70. The second-order valence-electron chi connectivity index (χ2n) is 4.55. The van der Waals surface area contributed by atoms with E-state index in [1.165, 1.54) is 12.8 Å². The van der Waals surface area contributed by atoms with E-state index in [0.717, 1.165) is 23.0 Å². The fourth-order valence-corrected chi connectivity index (χ4v) is 3.73. The molecule has 1 fully saturated rings. The van der Waals surface area contributed by atoms with Gasteiger partial charge in [0.2, 0.25) is 0 Å². The maximum absolute atomic E-state index is 6.23. The average molecular weight is 353 g/mol. The zero-order chi connectivity index (χ0) is 13.1. The topological polar surface area (TPSA) is 21.3 Å². The van der Waals surface area contributed by atoms with Crippen LogP contribution in [-0.2, 0) is 4.74 Å². The molecule has 0 aliphatic heterocycles. The molecule has 0 spiro atoms. The second-order valence-corrected chi connectivity index (χ2v) is 6.28. The van der Waals surface area contributed by atoms with Crippen LogP contribution in [0.4, 0.5) is 5.69 Å². The van der Waals surface area contributed by atoms with Gasteiger partial charge in [-0.1, -0.05) is 52.0 Å². The van der Waals surface area contributed by atoms with E-state index in [-0.39, 0.29) is 12.1 Å². The first-order valence-corrected chi connectivity index (χ1v) is 7.60. The Hall–Kier alpha value is 0.0400. The Morgan fingerprint density at radius 2 is 1.83 bits per heavy atom. The molecule has 2 nitrogen and oxygen atoms in total. The summed E-state index contributed by atoms with van der Waals surface area (Å²) in [6, 6.07) is 3.97. The summed E-state index contributed by atoms with van der Waals surface area (Å²) in [4.78, 5) is 0. The van der Waals surface area contributed by atoms with Crippen LogP contribution in [0.15, 0.2) is 16.6 Å². The molecule has 0 saturated heterocycles. The van der Waals surface area contributed by atoms with E-state index in [1.54, 1.807) is 7.11 Å². The van der Waals surface area contributed by atoms with Gasteiger partial charge in [0.15, 0.2) is 0 Å². The fraction of sp³-hybridized carbons (Fsp3) is 0.538.